The van der Waals surface area contributed by atoms with Gasteiger partial charge in [0.15, 0.2) is 17.9 Å². The third-order valence-electron chi connectivity index (χ3n) is 7.88. The van der Waals surface area contributed by atoms with E-state index in [9.17, 15) is 19.5 Å². The highest BCUT2D eigenvalue weighted by atomic mass is 16.7. The van der Waals surface area contributed by atoms with Crippen LogP contribution in [0.5, 0.6) is 0 Å². The summed E-state index contributed by atoms with van der Waals surface area (Å²) in [6.07, 6.45) is 2.02. The molecule has 2 heterocycles. The number of cyclic esters (lactones) is 1. The largest absolute Gasteiger partial charge is 0.461 e. The zero-order valence-corrected chi connectivity index (χ0v) is 23.5. The molecule has 1 fully saturated rings. The fourth-order valence-corrected chi connectivity index (χ4v) is 5.38. The fraction of sp³-hybridized carbons (Fsp3) is 0.821. The number of ether oxygens (including phenoxy) is 3. The van der Waals surface area contributed by atoms with E-state index in [-0.39, 0.29) is 41.5 Å². The zero-order chi connectivity index (χ0) is 27.3. The van der Waals surface area contributed by atoms with E-state index in [1.807, 2.05) is 53.6 Å². The summed E-state index contributed by atoms with van der Waals surface area (Å²) < 4.78 is 18.1. The van der Waals surface area contributed by atoms with Crippen molar-refractivity contribution in [1.29, 1.82) is 0 Å². The van der Waals surface area contributed by atoms with Gasteiger partial charge in [-0.2, -0.15) is 0 Å². The number of allylic oxidation sites excluding steroid dienone is 1. The number of aliphatic hydroxyl groups is 1. The van der Waals surface area contributed by atoms with Gasteiger partial charge in [-0.15, -0.1) is 0 Å². The molecule has 11 atom stereocenters. The Kier molecular flexibility index (Phi) is 11.3. The van der Waals surface area contributed by atoms with E-state index < -0.39 is 42.4 Å². The number of carbonyl (C=O) groups excluding carboxylic acids is 3. The molecule has 2 aliphatic heterocycles. The first-order valence-electron chi connectivity index (χ1n) is 13.4. The Morgan fingerprint density at radius 2 is 1.69 bits per heavy atom. The Morgan fingerprint density at radius 3 is 2.28 bits per heavy atom. The predicted octanol–water partition coefficient (Wildman–Crippen LogP) is 3.40. The lowest BCUT2D eigenvalue weighted by atomic mass is 9.80. The van der Waals surface area contributed by atoms with Gasteiger partial charge < -0.3 is 24.2 Å². The van der Waals surface area contributed by atoms with Crippen molar-refractivity contribution < 1.29 is 33.7 Å². The molecule has 0 aromatic carbocycles. The minimum atomic E-state index is -0.962. The molecule has 0 amide bonds. The van der Waals surface area contributed by atoms with Gasteiger partial charge in [0, 0.05) is 23.8 Å². The van der Waals surface area contributed by atoms with Gasteiger partial charge in [-0.05, 0) is 59.2 Å². The van der Waals surface area contributed by atoms with Crippen molar-refractivity contribution in [3.8, 4) is 0 Å². The summed E-state index contributed by atoms with van der Waals surface area (Å²) in [5.41, 5.74) is 0. The third kappa shape index (κ3) is 7.46. The average Bonchev–Trinajstić information content (AvgIpc) is 2.83. The second kappa shape index (κ2) is 13.3. The molecular formula is C28H47NO7. The summed E-state index contributed by atoms with van der Waals surface area (Å²) in [5.74, 6) is -3.16. The number of nitrogens with zero attached hydrogens (tertiary/aromatic N) is 1. The molecule has 0 aliphatic carbocycles. The molecule has 8 nitrogen and oxygen atoms in total. The Bertz CT molecular complexity index is 797. The van der Waals surface area contributed by atoms with Crippen LogP contribution < -0.4 is 0 Å². The number of rotatable bonds is 4. The summed E-state index contributed by atoms with van der Waals surface area (Å²) in [6.45, 7) is 12.9. The van der Waals surface area contributed by atoms with Crippen LogP contribution in [0.3, 0.4) is 0 Å². The summed E-state index contributed by atoms with van der Waals surface area (Å²) in [7, 11) is 3.80. The molecule has 0 saturated carbocycles. The third-order valence-corrected chi connectivity index (χ3v) is 7.88. The summed E-state index contributed by atoms with van der Waals surface area (Å²) in [4.78, 5) is 41.2. The van der Waals surface area contributed by atoms with Crippen LogP contribution in [-0.4, -0.2) is 78.4 Å². The number of likely N-dealkylation sites (N-methyl/N-ethyl adjacent to an activating group) is 1. The molecule has 0 radical (unpaired) electrons. The van der Waals surface area contributed by atoms with E-state index in [0.717, 1.165) is 0 Å². The van der Waals surface area contributed by atoms with Crippen molar-refractivity contribution in [3.05, 3.63) is 12.2 Å². The van der Waals surface area contributed by atoms with Crippen molar-refractivity contribution in [3.63, 3.8) is 0 Å². The van der Waals surface area contributed by atoms with E-state index in [4.69, 9.17) is 14.2 Å². The Balaban J connectivity index is 2.40. The van der Waals surface area contributed by atoms with Crippen molar-refractivity contribution in [2.75, 3.05) is 14.1 Å². The van der Waals surface area contributed by atoms with Crippen LogP contribution in [0.2, 0.25) is 0 Å². The van der Waals surface area contributed by atoms with E-state index in [1.165, 1.54) is 0 Å². The number of carbonyl (C=O) groups is 3. The van der Waals surface area contributed by atoms with Crippen molar-refractivity contribution in [2.45, 2.75) is 104 Å². The lowest BCUT2D eigenvalue weighted by molar-refractivity contribution is -0.278. The monoisotopic (exact) mass is 509 g/mol. The summed E-state index contributed by atoms with van der Waals surface area (Å²) in [6, 6.07) is -0.161. The molecule has 0 aromatic rings. The van der Waals surface area contributed by atoms with Crippen LogP contribution >= 0.6 is 0 Å². The highest BCUT2D eigenvalue weighted by Gasteiger charge is 2.43. The van der Waals surface area contributed by atoms with Crippen LogP contribution in [0.25, 0.3) is 0 Å². The first kappa shape index (κ1) is 30.6. The SMILES string of the molecule is CC[C@H]1OC(=O)[C@H](C)C(=O)[C@H](C)[C@@H](OC2OC(C)CC(N(C)C)C2O)[C@@H](C)C[C@@H](C)C(=O)C=C[C@H]1C. The Labute approximate surface area is 216 Å². The minimum absolute atomic E-state index is 0.0201. The molecule has 4 unspecified atom stereocenters. The first-order valence-corrected chi connectivity index (χ1v) is 13.4. The van der Waals surface area contributed by atoms with Gasteiger partial charge in [0.2, 0.25) is 0 Å². The summed E-state index contributed by atoms with van der Waals surface area (Å²) in [5, 5.41) is 11.0. The molecule has 36 heavy (non-hydrogen) atoms. The molecule has 0 spiro atoms. The molecule has 2 rings (SSSR count). The van der Waals surface area contributed by atoms with Gasteiger partial charge in [0.1, 0.15) is 18.1 Å². The Hall–Kier alpha value is -1.61. The normalized spacial score (nSPS) is 41.8. The highest BCUT2D eigenvalue weighted by Crippen LogP contribution is 2.32. The molecule has 0 aromatic heterocycles. The van der Waals surface area contributed by atoms with Crippen LogP contribution in [-0.2, 0) is 28.6 Å². The van der Waals surface area contributed by atoms with Gasteiger partial charge in [-0.25, -0.2) is 0 Å². The topological polar surface area (TPSA) is 102 Å². The standard InChI is InChI=1S/C28H47NO7/c1-10-23-15(2)11-12-22(30)16(3)13-17(4)26(19(6)24(31)20(7)27(33)35-23)36-28-25(32)21(29(8)9)14-18(5)34-28/h11-12,15-21,23,25-26,28,32H,10,13-14H2,1-9H3/t15-,16-,17+,18?,19+,20-,21?,23-,25?,26+,28?/m1/s1. The lowest BCUT2D eigenvalue weighted by Crippen LogP contribution is -2.56. The minimum Gasteiger partial charge on any atom is -0.461 e. The summed E-state index contributed by atoms with van der Waals surface area (Å²) >= 11 is 0. The second-order valence-electron chi connectivity index (χ2n) is 11.2. The quantitative estimate of drug-likeness (QED) is 0.454. The van der Waals surface area contributed by atoms with Crippen molar-refractivity contribution in [2.24, 2.45) is 29.6 Å². The molecule has 206 valence electrons. The highest BCUT2D eigenvalue weighted by molar-refractivity contribution is 6.00. The molecule has 8 heteroatoms. The number of hydrogen-bond acceptors (Lipinski definition) is 8. The van der Waals surface area contributed by atoms with E-state index in [0.29, 0.717) is 19.3 Å². The van der Waals surface area contributed by atoms with Gasteiger partial charge in [-0.1, -0.05) is 40.7 Å². The van der Waals surface area contributed by atoms with Crippen LogP contribution in [0.15, 0.2) is 12.2 Å². The number of esters is 1. The fourth-order valence-electron chi connectivity index (χ4n) is 5.38. The number of hydrogen-bond donors (Lipinski definition) is 1. The van der Waals surface area contributed by atoms with Crippen LogP contribution in [0.1, 0.15) is 67.7 Å². The van der Waals surface area contributed by atoms with Crippen LogP contribution in [0, 0.1) is 29.6 Å². The lowest BCUT2D eigenvalue weighted by Gasteiger charge is -2.43. The van der Waals surface area contributed by atoms with Crippen molar-refractivity contribution >= 4 is 17.5 Å². The van der Waals surface area contributed by atoms with Gasteiger partial charge in [0.05, 0.1) is 12.2 Å². The van der Waals surface area contributed by atoms with Crippen molar-refractivity contribution in [1.82, 2.24) is 4.90 Å². The van der Waals surface area contributed by atoms with Gasteiger partial charge in [-0.3, -0.25) is 14.4 Å². The van der Waals surface area contributed by atoms with E-state index in [2.05, 4.69) is 0 Å². The zero-order valence-electron chi connectivity index (χ0n) is 23.5. The van der Waals surface area contributed by atoms with Gasteiger partial charge in [0.25, 0.3) is 0 Å². The maximum atomic E-state index is 13.5. The predicted molar refractivity (Wildman–Crippen MR) is 137 cm³/mol. The number of Topliss-reactive ketones (excluding diaryl/α,β-unsaturated/α-hetero) is 1. The maximum absolute atomic E-state index is 13.5. The second-order valence-corrected chi connectivity index (χ2v) is 11.2. The van der Waals surface area contributed by atoms with Gasteiger partial charge >= 0.3 is 5.97 Å². The molecule has 1 saturated heterocycles. The Morgan fingerprint density at radius 1 is 1.06 bits per heavy atom. The first-order chi connectivity index (χ1) is 16.8. The molecule has 2 aliphatic rings. The molecular weight excluding hydrogens is 462 g/mol. The molecule has 1 N–H and O–H groups in total. The smallest absolute Gasteiger partial charge is 0.316 e. The van der Waals surface area contributed by atoms with E-state index in [1.54, 1.807) is 26.0 Å². The van der Waals surface area contributed by atoms with E-state index >= 15 is 0 Å². The molecule has 0 bridgehead atoms. The van der Waals surface area contributed by atoms with Crippen LogP contribution in [0.4, 0.5) is 0 Å². The maximum Gasteiger partial charge on any atom is 0.316 e. The average molecular weight is 510 g/mol. The number of aliphatic hydroxyl groups excluding tert-OH is 1. The number of ketones is 2.